The number of rotatable bonds is 5. The van der Waals surface area contributed by atoms with Crippen molar-refractivity contribution in [2.75, 3.05) is 13.1 Å². The summed E-state index contributed by atoms with van der Waals surface area (Å²) < 4.78 is 26.4. The quantitative estimate of drug-likeness (QED) is 0.758. The van der Waals surface area contributed by atoms with Crippen molar-refractivity contribution in [3.63, 3.8) is 0 Å². The van der Waals surface area contributed by atoms with Gasteiger partial charge in [-0.25, -0.2) is 8.78 Å². The van der Waals surface area contributed by atoms with Crippen LogP contribution in [0.3, 0.4) is 0 Å². The van der Waals surface area contributed by atoms with Crippen LogP contribution in [-0.4, -0.2) is 19.0 Å². The third kappa shape index (κ3) is 4.32. The van der Waals surface area contributed by atoms with Gasteiger partial charge in [0.05, 0.1) is 6.42 Å². The van der Waals surface area contributed by atoms with Gasteiger partial charge in [-0.15, -0.1) is 0 Å². The van der Waals surface area contributed by atoms with E-state index in [2.05, 4.69) is 5.32 Å². The molecule has 1 aromatic rings. The van der Waals surface area contributed by atoms with E-state index in [1.165, 1.54) is 6.07 Å². The van der Waals surface area contributed by atoms with Gasteiger partial charge in [-0.3, -0.25) is 4.79 Å². The molecular weight excluding hydrogens is 226 g/mol. The van der Waals surface area contributed by atoms with Crippen LogP contribution in [0.1, 0.15) is 5.56 Å². The van der Waals surface area contributed by atoms with Crippen LogP contribution in [0.15, 0.2) is 30.4 Å². The van der Waals surface area contributed by atoms with E-state index < -0.39 is 17.5 Å². The molecule has 0 radical (unpaired) electrons. The fourth-order valence-electron chi connectivity index (χ4n) is 1.28. The van der Waals surface area contributed by atoms with E-state index in [4.69, 9.17) is 5.73 Å². The van der Waals surface area contributed by atoms with Gasteiger partial charge >= 0.3 is 0 Å². The number of nitrogens with two attached hydrogens (primary N) is 1. The minimum absolute atomic E-state index is 0.215. The highest BCUT2D eigenvalue weighted by Crippen LogP contribution is 2.12. The molecular formula is C12H14F2N2O. The summed E-state index contributed by atoms with van der Waals surface area (Å²) in [5, 5.41) is 2.51. The van der Waals surface area contributed by atoms with Crippen molar-refractivity contribution in [3.05, 3.63) is 47.5 Å². The molecule has 0 aromatic heterocycles. The van der Waals surface area contributed by atoms with Gasteiger partial charge in [0.2, 0.25) is 5.91 Å². The molecule has 0 fully saturated rings. The van der Waals surface area contributed by atoms with Gasteiger partial charge < -0.3 is 11.1 Å². The van der Waals surface area contributed by atoms with Crippen LogP contribution in [0.2, 0.25) is 0 Å². The first-order valence-electron chi connectivity index (χ1n) is 5.19. The third-order valence-corrected chi connectivity index (χ3v) is 2.12. The molecule has 1 aromatic carbocycles. The predicted octanol–water partition coefficient (Wildman–Crippen LogP) is 1.14. The van der Waals surface area contributed by atoms with Crippen LogP contribution in [0, 0.1) is 11.6 Å². The molecule has 0 heterocycles. The van der Waals surface area contributed by atoms with Crippen LogP contribution in [0.4, 0.5) is 8.78 Å². The molecule has 0 spiro atoms. The molecule has 3 N–H and O–H groups in total. The summed E-state index contributed by atoms with van der Waals surface area (Å²) in [4.78, 5) is 11.4. The maximum absolute atomic E-state index is 13.2. The van der Waals surface area contributed by atoms with Crippen LogP contribution < -0.4 is 11.1 Å². The zero-order valence-electron chi connectivity index (χ0n) is 9.25. The highest BCUT2D eigenvalue weighted by Gasteiger charge is 2.11. The summed E-state index contributed by atoms with van der Waals surface area (Å²) in [6.07, 6.45) is 3.05. The Hall–Kier alpha value is -1.75. The Kier molecular flexibility index (Phi) is 5.29. The predicted molar refractivity (Wildman–Crippen MR) is 61.3 cm³/mol. The summed E-state index contributed by atoms with van der Waals surface area (Å²) in [6.45, 7) is 0.684. The summed E-state index contributed by atoms with van der Waals surface area (Å²) >= 11 is 0. The lowest BCUT2D eigenvalue weighted by molar-refractivity contribution is -0.120. The van der Waals surface area contributed by atoms with Crippen molar-refractivity contribution in [2.24, 2.45) is 5.73 Å². The number of hydrogen-bond donors (Lipinski definition) is 2. The second kappa shape index (κ2) is 6.75. The Bertz CT molecular complexity index is 399. The molecule has 1 amide bonds. The molecule has 0 saturated carbocycles. The van der Waals surface area contributed by atoms with Crippen LogP contribution in [0.25, 0.3) is 0 Å². The maximum Gasteiger partial charge on any atom is 0.224 e. The molecule has 0 aliphatic carbocycles. The van der Waals surface area contributed by atoms with Crippen LogP contribution in [-0.2, 0) is 11.2 Å². The normalized spacial score (nSPS) is 10.8. The summed E-state index contributed by atoms with van der Waals surface area (Å²) in [6, 6.07) is 3.51. The van der Waals surface area contributed by atoms with E-state index in [-0.39, 0.29) is 12.0 Å². The SMILES string of the molecule is NC/C=C/CNC(=O)Cc1c(F)cccc1F. The number of carbonyl (C=O) groups excluding carboxylic acids is 1. The van der Waals surface area contributed by atoms with Crippen molar-refractivity contribution in [2.45, 2.75) is 6.42 Å². The first kappa shape index (κ1) is 13.3. The first-order valence-corrected chi connectivity index (χ1v) is 5.19. The Balaban J connectivity index is 2.53. The van der Waals surface area contributed by atoms with E-state index in [0.717, 1.165) is 12.1 Å². The number of nitrogens with one attached hydrogen (secondary N) is 1. The van der Waals surface area contributed by atoms with Gasteiger partial charge in [-0.2, -0.15) is 0 Å². The lowest BCUT2D eigenvalue weighted by Gasteiger charge is -2.05. The molecule has 0 aliphatic heterocycles. The van der Waals surface area contributed by atoms with Gasteiger partial charge in [0.1, 0.15) is 11.6 Å². The van der Waals surface area contributed by atoms with Crippen molar-refractivity contribution in [3.8, 4) is 0 Å². The molecule has 5 heteroatoms. The van der Waals surface area contributed by atoms with Crippen molar-refractivity contribution >= 4 is 5.91 Å². The Morgan fingerprint density at radius 1 is 1.29 bits per heavy atom. The van der Waals surface area contributed by atoms with Gasteiger partial charge in [0, 0.05) is 18.7 Å². The molecule has 0 atom stereocenters. The molecule has 0 saturated heterocycles. The highest BCUT2D eigenvalue weighted by atomic mass is 19.1. The van der Waals surface area contributed by atoms with E-state index in [1.54, 1.807) is 12.2 Å². The zero-order valence-corrected chi connectivity index (χ0v) is 9.25. The van der Waals surface area contributed by atoms with Gasteiger partial charge in [0.25, 0.3) is 0 Å². The van der Waals surface area contributed by atoms with Crippen LogP contribution >= 0.6 is 0 Å². The summed E-state index contributed by atoms with van der Waals surface area (Å²) in [5.74, 6) is -1.86. The molecule has 0 unspecified atom stereocenters. The smallest absolute Gasteiger partial charge is 0.224 e. The minimum atomic E-state index is -0.711. The lowest BCUT2D eigenvalue weighted by atomic mass is 10.1. The zero-order chi connectivity index (χ0) is 12.7. The Labute approximate surface area is 98.3 Å². The fourth-order valence-corrected chi connectivity index (χ4v) is 1.28. The topological polar surface area (TPSA) is 55.1 Å². The van der Waals surface area contributed by atoms with Gasteiger partial charge in [0.15, 0.2) is 0 Å². The average Bonchev–Trinajstić information content (AvgIpc) is 2.30. The second-order valence-electron chi connectivity index (χ2n) is 3.39. The van der Waals surface area contributed by atoms with Gasteiger partial charge in [-0.05, 0) is 12.1 Å². The molecule has 17 heavy (non-hydrogen) atoms. The number of carbonyl (C=O) groups is 1. The summed E-state index contributed by atoms with van der Waals surface area (Å²) in [5.41, 5.74) is 5.00. The number of benzene rings is 1. The Morgan fingerprint density at radius 2 is 1.94 bits per heavy atom. The monoisotopic (exact) mass is 240 g/mol. The first-order chi connectivity index (χ1) is 8.15. The molecule has 0 bridgehead atoms. The fraction of sp³-hybridized carbons (Fsp3) is 0.250. The van der Waals surface area contributed by atoms with Crippen molar-refractivity contribution in [1.82, 2.24) is 5.32 Å². The van der Waals surface area contributed by atoms with Crippen molar-refractivity contribution in [1.29, 1.82) is 0 Å². The average molecular weight is 240 g/mol. The highest BCUT2D eigenvalue weighted by molar-refractivity contribution is 5.78. The molecule has 0 aliphatic rings. The van der Waals surface area contributed by atoms with E-state index in [9.17, 15) is 13.6 Å². The van der Waals surface area contributed by atoms with E-state index in [0.29, 0.717) is 13.1 Å². The molecule has 3 nitrogen and oxygen atoms in total. The maximum atomic E-state index is 13.2. The van der Waals surface area contributed by atoms with E-state index >= 15 is 0 Å². The number of hydrogen-bond acceptors (Lipinski definition) is 2. The Morgan fingerprint density at radius 3 is 2.53 bits per heavy atom. The standard InChI is InChI=1S/C12H14F2N2O/c13-10-4-3-5-11(14)9(10)8-12(17)16-7-2-1-6-15/h1-5H,6-8,15H2,(H,16,17)/b2-1+. The number of halogens is 2. The molecule has 92 valence electrons. The molecule has 1 rings (SSSR count). The largest absolute Gasteiger partial charge is 0.352 e. The summed E-state index contributed by atoms with van der Waals surface area (Å²) in [7, 11) is 0. The lowest BCUT2D eigenvalue weighted by Crippen LogP contribution is -2.26. The van der Waals surface area contributed by atoms with E-state index in [1.807, 2.05) is 0 Å². The van der Waals surface area contributed by atoms with Crippen LogP contribution in [0.5, 0.6) is 0 Å². The number of amides is 1. The van der Waals surface area contributed by atoms with Crippen molar-refractivity contribution < 1.29 is 13.6 Å². The minimum Gasteiger partial charge on any atom is -0.352 e. The second-order valence-corrected chi connectivity index (χ2v) is 3.39. The third-order valence-electron chi connectivity index (χ3n) is 2.12. The van der Waals surface area contributed by atoms with Gasteiger partial charge in [-0.1, -0.05) is 18.2 Å².